The van der Waals surface area contributed by atoms with Crippen LogP contribution in [0.5, 0.6) is 0 Å². The lowest BCUT2D eigenvalue weighted by Crippen LogP contribution is -2.25. The summed E-state index contributed by atoms with van der Waals surface area (Å²) in [7, 11) is 3.90. The zero-order valence-corrected chi connectivity index (χ0v) is 10.1. The lowest BCUT2D eigenvalue weighted by molar-refractivity contribution is 0.0910. The third-order valence-electron chi connectivity index (χ3n) is 2.48. The SMILES string of the molecule is CC(CN(C)C)C(=O)c1cccc(CO)c1. The van der Waals surface area contributed by atoms with E-state index < -0.39 is 0 Å². The molecule has 1 aromatic carbocycles. The molecule has 1 N–H and O–H groups in total. The maximum atomic E-state index is 12.0. The minimum Gasteiger partial charge on any atom is -0.392 e. The van der Waals surface area contributed by atoms with Crippen molar-refractivity contribution in [2.75, 3.05) is 20.6 Å². The number of rotatable bonds is 5. The van der Waals surface area contributed by atoms with Crippen LogP contribution in [0.2, 0.25) is 0 Å². The van der Waals surface area contributed by atoms with E-state index in [-0.39, 0.29) is 18.3 Å². The molecule has 0 aliphatic carbocycles. The lowest BCUT2D eigenvalue weighted by atomic mass is 9.97. The zero-order chi connectivity index (χ0) is 12.1. The van der Waals surface area contributed by atoms with E-state index in [1.54, 1.807) is 18.2 Å². The van der Waals surface area contributed by atoms with E-state index in [1.807, 2.05) is 32.0 Å². The van der Waals surface area contributed by atoms with E-state index in [0.717, 1.165) is 12.1 Å². The molecular weight excluding hydrogens is 202 g/mol. The molecule has 0 spiro atoms. The normalized spacial score (nSPS) is 12.8. The van der Waals surface area contributed by atoms with Crippen molar-refractivity contribution in [1.82, 2.24) is 4.90 Å². The summed E-state index contributed by atoms with van der Waals surface area (Å²) in [6.07, 6.45) is 0. The van der Waals surface area contributed by atoms with E-state index >= 15 is 0 Å². The molecule has 1 unspecified atom stereocenters. The molecule has 0 saturated heterocycles. The van der Waals surface area contributed by atoms with Crippen molar-refractivity contribution in [3.05, 3.63) is 35.4 Å². The maximum Gasteiger partial charge on any atom is 0.166 e. The fraction of sp³-hybridized carbons (Fsp3) is 0.462. The topological polar surface area (TPSA) is 40.5 Å². The van der Waals surface area contributed by atoms with E-state index in [9.17, 15) is 4.79 Å². The van der Waals surface area contributed by atoms with Gasteiger partial charge in [0.2, 0.25) is 0 Å². The predicted molar refractivity (Wildman–Crippen MR) is 64.4 cm³/mol. The molecule has 3 heteroatoms. The number of aliphatic hydroxyl groups is 1. The van der Waals surface area contributed by atoms with Gasteiger partial charge in [-0.15, -0.1) is 0 Å². The summed E-state index contributed by atoms with van der Waals surface area (Å²) < 4.78 is 0. The first-order chi connectivity index (χ1) is 7.54. The van der Waals surface area contributed by atoms with Crippen LogP contribution in [0.4, 0.5) is 0 Å². The van der Waals surface area contributed by atoms with Crippen LogP contribution in [-0.4, -0.2) is 36.4 Å². The van der Waals surface area contributed by atoms with Crippen molar-refractivity contribution in [2.24, 2.45) is 5.92 Å². The first kappa shape index (κ1) is 12.9. The molecule has 0 saturated carbocycles. The second kappa shape index (κ2) is 5.77. The number of nitrogens with zero attached hydrogens (tertiary/aromatic N) is 1. The summed E-state index contributed by atoms with van der Waals surface area (Å²) in [5.41, 5.74) is 1.46. The van der Waals surface area contributed by atoms with Gasteiger partial charge in [-0.3, -0.25) is 4.79 Å². The summed E-state index contributed by atoms with van der Waals surface area (Å²) in [4.78, 5) is 14.0. The summed E-state index contributed by atoms with van der Waals surface area (Å²) in [5, 5.41) is 9.01. The van der Waals surface area contributed by atoms with E-state index in [0.29, 0.717) is 5.56 Å². The summed E-state index contributed by atoms with van der Waals surface area (Å²) in [6, 6.07) is 7.18. The van der Waals surface area contributed by atoms with Crippen molar-refractivity contribution in [3.63, 3.8) is 0 Å². The van der Waals surface area contributed by atoms with Gasteiger partial charge in [0.15, 0.2) is 5.78 Å². The Hall–Kier alpha value is -1.19. The minimum absolute atomic E-state index is 0.0241. The number of benzene rings is 1. The van der Waals surface area contributed by atoms with Crippen molar-refractivity contribution in [2.45, 2.75) is 13.5 Å². The van der Waals surface area contributed by atoms with Crippen LogP contribution >= 0.6 is 0 Å². The molecule has 1 rings (SSSR count). The summed E-state index contributed by atoms with van der Waals surface area (Å²) in [6.45, 7) is 2.64. The van der Waals surface area contributed by atoms with E-state index in [4.69, 9.17) is 5.11 Å². The van der Waals surface area contributed by atoms with Crippen molar-refractivity contribution in [3.8, 4) is 0 Å². The Morgan fingerprint density at radius 3 is 2.69 bits per heavy atom. The zero-order valence-electron chi connectivity index (χ0n) is 10.1. The standard InChI is InChI=1S/C13H19NO2/c1-10(8-14(2)3)13(16)12-6-4-5-11(7-12)9-15/h4-7,10,15H,8-9H2,1-3H3. The Balaban J connectivity index is 2.79. The van der Waals surface area contributed by atoms with Gasteiger partial charge >= 0.3 is 0 Å². The van der Waals surface area contributed by atoms with Crippen LogP contribution in [0.25, 0.3) is 0 Å². The number of hydrogen-bond acceptors (Lipinski definition) is 3. The summed E-state index contributed by atoms with van der Waals surface area (Å²) in [5.74, 6) is 0.105. The Morgan fingerprint density at radius 2 is 2.12 bits per heavy atom. The van der Waals surface area contributed by atoms with E-state index in [2.05, 4.69) is 0 Å². The Bertz CT molecular complexity index is 361. The van der Waals surface area contributed by atoms with Gasteiger partial charge in [0.05, 0.1) is 6.61 Å². The van der Waals surface area contributed by atoms with Crippen molar-refractivity contribution >= 4 is 5.78 Å². The fourth-order valence-corrected chi connectivity index (χ4v) is 1.74. The highest BCUT2D eigenvalue weighted by Crippen LogP contribution is 2.12. The first-order valence-electron chi connectivity index (χ1n) is 5.43. The molecule has 0 aromatic heterocycles. The van der Waals surface area contributed by atoms with Crippen molar-refractivity contribution in [1.29, 1.82) is 0 Å². The van der Waals surface area contributed by atoms with Gasteiger partial charge in [-0.05, 0) is 25.7 Å². The Labute approximate surface area is 96.7 Å². The highest BCUT2D eigenvalue weighted by atomic mass is 16.3. The molecule has 1 aromatic rings. The Kier molecular flexibility index (Phi) is 4.65. The van der Waals surface area contributed by atoms with E-state index in [1.165, 1.54) is 0 Å². The number of ketones is 1. The molecule has 1 atom stereocenters. The van der Waals surface area contributed by atoms with Crippen LogP contribution in [0.3, 0.4) is 0 Å². The quantitative estimate of drug-likeness (QED) is 0.767. The molecule has 0 fully saturated rings. The molecule has 0 aliphatic rings. The van der Waals surface area contributed by atoms with Crippen LogP contribution < -0.4 is 0 Å². The molecular formula is C13H19NO2. The number of Topliss-reactive ketones (excluding diaryl/α,β-unsaturated/α-hetero) is 1. The first-order valence-corrected chi connectivity index (χ1v) is 5.43. The second-order valence-corrected chi connectivity index (χ2v) is 4.39. The molecule has 0 heterocycles. The Morgan fingerprint density at radius 1 is 1.44 bits per heavy atom. The van der Waals surface area contributed by atoms with Crippen LogP contribution in [0, 0.1) is 5.92 Å². The molecule has 3 nitrogen and oxygen atoms in total. The number of carbonyl (C=O) groups is 1. The number of carbonyl (C=O) groups excluding carboxylic acids is 1. The van der Waals surface area contributed by atoms with Gasteiger partial charge in [-0.2, -0.15) is 0 Å². The monoisotopic (exact) mass is 221 g/mol. The maximum absolute atomic E-state index is 12.0. The van der Waals surface area contributed by atoms with Crippen LogP contribution in [-0.2, 0) is 6.61 Å². The molecule has 88 valence electrons. The third kappa shape index (κ3) is 3.43. The highest BCUT2D eigenvalue weighted by Gasteiger charge is 2.15. The minimum atomic E-state index is -0.0246. The van der Waals surface area contributed by atoms with Crippen LogP contribution in [0.1, 0.15) is 22.8 Å². The smallest absolute Gasteiger partial charge is 0.166 e. The third-order valence-corrected chi connectivity index (χ3v) is 2.48. The lowest BCUT2D eigenvalue weighted by Gasteiger charge is -2.16. The van der Waals surface area contributed by atoms with Crippen LogP contribution in [0.15, 0.2) is 24.3 Å². The fourth-order valence-electron chi connectivity index (χ4n) is 1.74. The molecule has 0 bridgehead atoms. The largest absolute Gasteiger partial charge is 0.392 e. The molecule has 16 heavy (non-hydrogen) atoms. The summed E-state index contributed by atoms with van der Waals surface area (Å²) >= 11 is 0. The molecule has 0 aliphatic heterocycles. The number of hydrogen-bond donors (Lipinski definition) is 1. The van der Waals surface area contributed by atoms with Gasteiger partial charge in [0.1, 0.15) is 0 Å². The molecule has 0 amide bonds. The number of aliphatic hydroxyl groups excluding tert-OH is 1. The second-order valence-electron chi connectivity index (χ2n) is 4.39. The highest BCUT2D eigenvalue weighted by molar-refractivity contribution is 5.97. The van der Waals surface area contributed by atoms with Gasteiger partial charge in [0.25, 0.3) is 0 Å². The average molecular weight is 221 g/mol. The van der Waals surface area contributed by atoms with Gasteiger partial charge in [-0.25, -0.2) is 0 Å². The predicted octanol–water partition coefficient (Wildman–Crippen LogP) is 1.56. The van der Waals surface area contributed by atoms with Crippen molar-refractivity contribution < 1.29 is 9.90 Å². The van der Waals surface area contributed by atoms with Gasteiger partial charge < -0.3 is 10.0 Å². The average Bonchev–Trinajstić information content (AvgIpc) is 2.27. The van der Waals surface area contributed by atoms with Gasteiger partial charge in [0, 0.05) is 18.0 Å². The van der Waals surface area contributed by atoms with Gasteiger partial charge in [-0.1, -0.05) is 25.1 Å². The molecule has 0 radical (unpaired) electrons.